The Morgan fingerprint density at radius 2 is 1.58 bits per heavy atom. The number of ketones is 1. The van der Waals surface area contributed by atoms with Crippen molar-refractivity contribution >= 4 is 34.1 Å². The Kier molecular flexibility index (Phi) is 11.2. The van der Waals surface area contributed by atoms with Crippen molar-refractivity contribution in [2.24, 2.45) is 29.6 Å². The minimum Gasteiger partial charge on any atom is -0.507 e. The first-order chi connectivity index (χ1) is 23.4. The second-order valence-electron chi connectivity index (χ2n) is 13.4. The maximum Gasteiger partial charge on any atom is 0.312 e. The number of aromatic hydroxyl groups is 3. The van der Waals surface area contributed by atoms with E-state index < -0.39 is 88.6 Å². The van der Waals surface area contributed by atoms with Gasteiger partial charge in [-0.05, 0) is 31.8 Å². The summed E-state index contributed by atoms with van der Waals surface area (Å²) in [6.45, 7) is 11.2. The molecule has 50 heavy (non-hydrogen) atoms. The number of fused-ring (bicyclic) bond motifs is 14. The summed E-state index contributed by atoms with van der Waals surface area (Å²) in [5, 5.41) is 58.2. The third kappa shape index (κ3) is 6.77. The smallest absolute Gasteiger partial charge is 0.312 e. The molecule has 1 amide bonds. The number of anilines is 1. The maximum absolute atomic E-state index is 13.9. The molecule has 13 nitrogen and oxygen atoms in total. The predicted molar refractivity (Wildman–Crippen MR) is 184 cm³/mol. The highest BCUT2D eigenvalue weighted by Crippen LogP contribution is 2.53. The van der Waals surface area contributed by atoms with Crippen LogP contribution in [0, 0.1) is 36.5 Å². The number of hydrogen-bond acceptors (Lipinski definition) is 12. The molecule has 0 unspecified atom stereocenters. The number of amides is 1. The first-order valence-electron chi connectivity index (χ1n) is 16.4. The number of carbonyl (C=O) groups is 3. The summed E-state index contributed by atoms with van der Waals surface area (Å²) >= 11 is 0. The van der Waals surface area contributed by atoms with E-state index >= 15 is 0 Å². The van der Waals surface area contributed by atoms with Gasteiger partial charge in [0.05, 0.1) is 54.2 Å². The zero-order valence-corrected chi connectivity index (χ0v) is 29.7. The molecular weight excluding hydrogens is 650 g/mol. The molecule has 2 aromatic rings. The Labute approximate surface area is 290 Å². The summed E-state index contributed by atoms with van der Waals surface area (Å²) in [4.78, 5) is 40.2. The molecule has 0 fully saturated rings. The number of carbonyl (C=O) groups excluding carboxylic acids is 3. The molecule has 0 aromatic heterocycles. The Hall–Kier alpha value is -4.59. The zero-order valence-electron chi connectivity index (χ0n) is 29.7. The fourth-order valence-electron chi connectivity index (χ4n) is 6.84. The molecule has 5 rings (SSSR count). The highest BCUT2D eigenvalue weighted by atomic mass is 16.7. The lowest BCUT2D eigenvalue weighted by molar-refractivity contribution is -0.155. The second-order valence-corrected chi connectivity index (χ2v) is 13.4. The Balaban J connectivity index is 1.88. The van der Waals surface area contributed by atoms with Crippen molar-refractivity contribution < 1.29 is 58.9 Å². The Bertz CT molecular complexity index is 1760. The van der Waals surface area contributed by atoms with E-state index in [1.165, 1.54) is 53.4 Å². The molecule has 9 atom stereocenters. The van der Waals surface area contributed by atoms with Crippen LogP contribution in [0.25, 0.3) is 10.8 Å². The number of ether oxygens (including phenoxy) is 4. The van der Waals surface area contributed by atoms with Gasteiger partial charge in [0.25, 0.3) is 11.7 Å². The maximum atomic E-state index is 13.9. The average Bonchev–Trinajstić information content (AvgIpc) is 3.34. The Morgan fingerprint density at radius 1 is 0.920 bits per heavy atom. The van der Waals surface area contributed by atoms with Crippen molar-refractivity contribution in [2.75, 3.05) is 19.5 Å². The van der Waals surface area contributed by atoms with Crippen LogP contribution in [-0.4, -0.2) is 81.5 Å². The van der Waals surface area contributed by atoms with Crippen LogP contribution in [0.5, 0.6) is 23.0 Å². The first-order valence-corrected chi connectivity index (χ1v) is 16.4. The topological polar surface area (TPSA) is 201 Å². The van der Waals surface area contributed by atoms with Gasteiger partial charge in [-0.1, -0.05) is 45.9 Å². The fraction of sp³-hybridized carbons (Fsp3) is 0.486. The van der Waals surface area contributed by atoms with E-state index in [-0.39, 0.29) is 38.9 Å². The van der Waals surface area contributed by atoms with Crippen molar-refractivity contribution in [1.29, 1.82) is 0 Å². The number of nitrogens with one attached hydrogen (secondary N) is 1. The van der Waals surface area contributed by atoms with Gasteiger partial charge in [-0.3, -0.25) is 14.4 Å². The lowest BCUT2D eigenvalue weighted by Gasteiger charge is -2.37. The number of allylic oxidation sites excluding steroid dienone is 2. The summed E-state index contributed by atoms with van der Waals surface area (Å²) in [5.41, 5.74) is -0.105. The van der Waals surface area contributed by atoms with Crippen molar-refractivity contribution in [3.05, 3.63) is 53.3 Å². The number of methoxy groups -OCH3 is 2. The molecule has 3 aliphatic heterocycles. The van der Waals surface area contributed by atoms with Gasteiger partial charge in [-0.25, -0.2) is 0 Å². The van der Waals surface area contributed by atoms with E-state index in [1.54, 1.807) is 39.8 Å². The van der Waals surface area contributed by atoms with Crippen LogP contribution in [0.2, 0.25) is 0 Å². The van der Waals surface area contributed by atoms with Crippen molar-refractivity contribution in [3.63, 3.8) is 0 Å². The molecular formula is C37H47NO12. The van der Waals surface area contributed by atoms with Gasteiger partial charge in [0.1, 0.15) is 17.2 Å². The van der Waals surface area contributed by atoms with Crippen LogP contribution >= 0.6 is 0 Å². The standard InChI is InChI=1S/C37H47NO12/c1-16-11-10-12-17(2)35(45)38-22-15-23(39)26-27(32(22)43)31(42)21(6)33-28(26)34(44)37(7,50-33)49-14-13-24(47-8)18(3)25(36(46)48-9)19(4)30(41)20(5)29(16)40/h10-16,18-20,24-25,29-30,39-43H,1-9H3,(H,38,45)/b11-10+,14-13+,17-12-/t16-,18+,19-,20+,24-,25+,29-,30-,37-/m0/s1. The van der Waals surface area contributed by atoms with Crippen molar-refractivity contribution in [2.45, 2.75) is 72.6 Å². The molecule has 6 N–H and O–H groups in total. The SMILES string of the molecule is COC(=O)[C@H]1[C@H](C)[C@H](O)[C@H](C)[C@@H](O)[C@@H](C)/C=C/C=C(/C)C(=O)Nc2cc(O)c3c4c(c(C)c(O)c3c2O)O[C@](C)(O/C=C/[C@H](OC)[C@H]1C)C4=O. The van der Waals surface area contributed by atoms with Gasteiger partial charge in [0, 0.05) is 48.5 Å². The number of aliphatic hydroxyl groups is 2. The summed E-state index contributed by atoms with van der Waals surface area (Å²) in [6, 6.07) is 1.06. The number of aliphatic hydroxyl groups excluding tert-OH is 2. The second kappa shape index (κ2) is 14.7. The summed E-state index contributed by atoms with van der Waals surface area (Å²) in [5.74, 6) is -9.04. The van der Waals surface area contributed by atoms with Gasteiger partial charge >= 0.3 is 11.8 Å². The van der Waals surface area contributed by atoms with Gasteiger partial charge in [-0.15, -0.1) is 0 Å². The van der Waals surface area contributed by atoms with E-state index in [0.717, 1.165) is 6.07 Å². The predicted octanol–water partition coefficient (Wildman–Crippen LogP) is 4.61. The first kappa shape index (κ1) is 38.2. The third-order valence-corrected chi connectivity index (χ3v) is 10.1. The van der Waals surface area contributed by atoms with Crippen LogP contribution in [0.3, 0.4) is 0 Å². The van der Waals surface area contributed by atoms with Crippen LogP contribution in [-0.2, 0) is 23.8 Å². The number of rotatable bonds is 2. The highest BCUT2D eigenvalue weighted by Gasteiger charge is 2.49. The molecule has 5 bridgehead atoms. The normalized spacial score (nSPS) is 33.2. The molecule has 3 heterocycles. The van der Waals surface area contributed by atoms with E-state index in [9.17, 15) is 39.9 Å². The van der Waals surface area contributed by atoms with Gasteiger partial charge in [0.15, 0.2) is 5.75 Å². The van der Waals surface area contributed by atoms with Gasteiger partial charge < -0.3 is 49.8 Å². The number of phenols is 3. The minimum atomic E-state index is -1.99. The van der Waals surface area contributed by atoms with Crippen LogP contribution in [0.15, 0.2) is 42.2 Å². The summed E-state index contributed by atoms with van der Waals surface area (Å²) < 4.78 is 22.6. The average molecular weight is 698 g/mol. The monoisotopic (exact) mass is 697 g/mol. The van der Waals surface area contributed by atoms with E-state index in [0.29, 0.717) is 0 Å². The number of phenolic OH excluding ortho intramolecular Hbond substituents is 3. The third-order valence-electron chi connectivity index (χ3n) is 10.1. The fourth-order valence-corrected chi connectivity index (χ4v) is 6.84. The van der Waals surface area contributed by atoms with Gasteiger partial charge in [-0.2, -0.15) is 0 Å². The molecule has 272 valence electrons. The van der Waals surface area contributed by atoms with Crippen LogP contribution in [0.4, 0.5) is 5.69 Å². The number of esters is 1. The summed E-state index contributed by atoms with van der Waals surface area (Å²) in [7, 11) is 2.66. The number of Topliss-reactive ketones (excluding diaryl/α,β-unsaturated/α-hetero) is 1. The molecule has 0 spiro atoms. The van der Waals surface area contributed by atoms with Crippen LogP contribution < -0.4 is 10.1 Å². The van der Waals surface area contributed by atoms with E-state index in [1.807, 2.05) is 0 Å². The van der Waals surface area contributed by atoms with Crippen LogP contribution in [0.1, 0.15) is 57.5 Å². The molecule has 0 saturated heterocycles. The number of hydrogen-bond donors (Lipinski definition) is 6. The highest BCUT2D eigenvalue weighted by molar-refractivity contribution is 6.21. The molecule has 0 radical (unpaired) electrons. The Morgan fingerprint density at radius 3 is 2.20 bits per heavy atom. The zero-order chi connectivity index (χ0) is 37.4. The lowest BCUT2D eigenvalue weighted by Crippen LogP contribution is -2.45. The quantitative estimate of drug-likeness (QED) is 0.145. The molecule has 3 aliphatic rings. The lowest BCUT2D eigenvalue weighted by atomic mass is 9.73. The van der Waals surface area contributed by atoms with Crippen molar-refractivity contribution in [1.82, 2.24) is 0 Å². The summed E-state index contributed by atoms with van der Waals surface area (Å²) in [6.07, 6.45) is 4.39. The molecule has 0 saturated carbocycles. The van der Waals surface area contributed by atoms with E-state index in [4.69, 9.17) is 18.9 Å². The number of benzene rings is 2. The molecule has 2 aromatic carbocycles. The molecule has 13 heteroatoms. The van der Waals surface area contributed by atoms with Crippen molar-refractivity contribution in [3.8, 4) is 23.0 Å². The minimum absolute atomic E-state index is 0.0736. The largest absolute Gasteiger partial charge is 0.507 e. The molecule has 0 aliphatic carbocycles. The van der Waals surface area contributed by atoms with Gasteiger partial charge in [0.2, 0.25) is 0 Å². The van der Waals surface area contributed by atoms with E-state index in [2.05, 4.69) is 5.32 Å².